The average molecular weight is 340 g/mol. The standard InChI is InChI=1S/C17H22ClNO4/c1-16(23,15(21)22)11-19-14(20)17(8-3-2-4-9-17)12-6-5-7-13(18)10-12/h5-7,10,23H,2-4,8-9,11H2,1H3,(H,19,20)(H,21,22). The number of amides is 1. The smallest absolute Gasteiger partial charge is 0.337 e. The summed E-state index contributed by atoms with van der Waals surface area (Å²) in [4.78, 5) is 23.8. The highest BCUT2D eigenvalue weighted by molar-refractivity contribution is 6.30. The lowest BCUT2D eigenvalue weighted by molar-refractivity contribution is -0.156. The molecule has 0 bridgehead atoms. The summed E-state index contributed by atoms with van der Waals surface area (Å²) < 4.78 is 0. The van der Waals surface area contributed by atoms with E-state index in [4.69, 9.17) is 16.7 Å². The van der Waals surface area contributed by atoms with Crippen LogP contribution in [0.4, 0.5) is 0 Å². The van der Waals surface area contributed by atoms with Gasteiger partial charge in [-0.3, -0.25) is 4.79 Å². The van der Waals surface area contributed by atoms with Crippen molar-refractivity contribution in [2.75, 3.05) is 6.54 Å². The molecule has 0 spiro atoms. The molecule has 1 amide bonds. The van der Waals surface area contributed by atoms with Gasteiger partial charge in [0.15, 0.2) is 5.60 Å². The Labute approximate surface area is 140 Å². The Kier molecular flexibility index (Phi) is 5.32. The summed E-state index contributed by atoms with van der Waals surface area (Å²) in [5.74, 6) is -1.61. The monoisotopic (exact) mass is 339 g/mol. The highest BCUT2D eigenvalue weighted by atomic mass is 35.5. The van der Waals surface area contributed by atoms with E-state index in [2.05, 4.69) is 5.32 Å². The molecule has 6 heteroatoms. The molecule has 1 unspecified atom stereocenters. The van der Waals surface area contributed by atoms with Crippen LogP contribution in [0.3, 0.4) is 0 Å². The molecule has 1 aromatic carbocycles. The number of aliphatic hydroxyl groups is 1. The van der Waals surface area contributed by atoms with E-state index in [1.54, 1.807) is 12.1 Å². The second-order valence-corrected chi connectivity index (χ2v) is 6.85. The van der Waals surface area contributed by atoms with Crippen LogP contribution in [0.2, 0.25) is 5.02 Å². The molecule has 126 valence electrons. The van der Waals surface area contributed by atoms with E-state index in [0.29, 0.717) is 17.9 Å². The first-order valence-electron chi connectivity index (χ1n) is 7.78. The average Bonchev–Trinajstić information content (AvgIpc) is 2.53. The SMILES string of the molecule is CC(O)(CNC(=O)C1(c2cccc(Cl)c2)CCCCC1)C(=O)O. The van der Waals surface area contributed by atoms with Crippen LogP contribution in [-0.4, -0.2) is 34.2 Å². The molecule has 2 rings (SSSR count). The van der Waals surface area contributed by atoms with E-state index in [0.717, 1.165) is 24.8 Å². The lowest BCUT2D eigenvalue weighted by Crippen LogP contribution is -2.52. The maximum absolute atomic E-state index is 12.8. The van der Waals surface area contributed by atoms with E-state index in [1.807, 2.05) is 12.1 Å². The Balaban J connectivity index is 2.25. The minimum Gasteiger partial charge on any atom is -0.479 e. The Morgan fingerprint density at radius 1 is 1.30 bits per heavy atom. The highest BCUT2D eigenvalue weighted by Crippen LogP contribution is 2.40. The molecule has 1 atom stereocenters. The van der Waals surface area contributed by atoms with Crippen LogP contribution in [0.1, 0.15) is 44.6 Å². The molecule has 5 nitrogen and oxygen atoms in total. The summed E-state index contributed by atoms with van der Waals surface area (Å²) in [5.41, 5.74) is -1.85. The van der Waals surface area contributed by atoms with Crippen molar-refractivity contribution in [1.29, 1.82) is 0 Å². The zero-order valence-electron chi connectivity index (χ0n) is 13.1. The maximum atomic E-state index is 12.8. The Bertz CT molecular complexity index is 594. The summed E-state index contributed by atoms with van der Waals surface area (Å²) >= 11 is 6.07. The summed E-state index contributed by atoms with van der Waals surface area (Å²) in [5, 5.41) is 22.0. The van der Waals surface area contributed by atoms with Gasteiger partial charge in [-0.2, -0.15) is 0 Å². The van der Waals surface area contributed by atoms with E-state index in [1.165, 1.54) is 6.92 Å². The Hall–Kier alpha value is -1.59. The fourth-order valence-electron chi connectivity index (χ4n) is 3.09. The maximum Gasteiger partial charge on any atom is 0.337 e. The molecule has 0 aliphatic heterocycles. The number of halogens is 1. The number of benzene rings is 1. The molecule has 1 fully saturated rings. The zero-order chi connectivity index (χ0) is 17.1. The van der Waals surface area contributed by atoms with Gasteiger partial charge < -0.3 is 15.5 Å². The van der Waals surface area contributed by atoms with Crippen molar-refractivity contribution in [2.24, 2.45) is 0 Å². The quantitative estimate of drug-likeness (QED) is 0.769. The van der Waals surface area contributed by atoms with E-state index in [9.17, 15) is 14.7 Å². The third-order valence-corrected chi connectivity index (χ3v) is 4.81. The number of hydrogen-bond donors (Lipinski definition) is 3. The van der Waals surface area contributed by atoms with Crippen molar-refractivity contribution in [3.05, 3.63) is 34.9 Å². The molecule has 1 saturated carbocycles. The first-order chi connectivity index (χ1) is 10.8. The van der Waals surface area contributed by atoms with Gasteiger partial charge in [0.25, 0.3) is 0 Å². The zero-order valence-corrected chi connectivity index (χ0v) is 13.9. The van der Waals surface area contributed by atoms with Crippen LogP contribution < -0.4 is 5.32 Å². The van der Waals surface area contributed by atoms with E-state index < -0.39 is 17.0 Å². The van der Waals surface area contributed by atoms with Crippen LogP contribution in [0.25, 0.3) is 0 Å². The van der Waals surface area contributed by atoms with Crippen LogP contribution in [-0.2, 0) is 15.0 Å². The number of aliphatic carboxylic acids is 1. The minimum atomic E-state index is -1.99. The predicted octanol–water partition coefficient (Wildman–Crippen LogP) is 2.49. The summed E-state index contributed by atoms with van der Waals surface area (Å²) in [6, 6.07) is 7.25. The summed E-state index contributed by atoms with van der Waals surface area (Å²) in [7, 11) is 0. The van der Waals surface area contributed by atoms with Crippen molar-refractivity contribution in [2.45, 2.75) is 50.0 Å². The van der Waals surface area contributed by atoms with Crippen LogP contribution in [0.5, 0.6) is 0 Å². The van der Waals surface area contributed by atoms with Gasteiger partial charge in [0, 0.05) is 5.02 Å². The van der Waals surface area contributed by atoms with Gasteiger partial charge in [0.2, 0.25) is 5.91 Å². The lowest BCUT2D eigenvalue weighted by atomic mass is 9.68. The molecule has 1 aliphatic carbocycles. The fraction of sp³-hybridized carbons (Fsp3) is 0.529. The fourth-order valence-corrected chi connectivity index (χ4v) is 3.28. The second kappa shape index (κ2) is 6.89. The van der Waals surface area contributed by atoms with Crippen molar-refractivity contribution >= 4 is 23.5 Å². The van der Waals surface area contributed by atoms with Crippen molar-refractivity contribution in [3.8, 4) is 0 Å². The number of nitrogens with one attached hydrogen (secondary N) is 1. The molecule has 0 radical (unpaired) electrons. The number of carboxylic acids is 1. The molecular formula is C17H22ClNO4. The normalized spacial score (nSPS) is 19.6. The number of carbonyl (C=O) groups is 2. The first kappa shape index (κ1) is 17.8. The molecule has 1 aliphatic rings. The third-order valence-electron chi connectivity index (χ3n) is 4.57. The number of hydrogen-bond acceptors (Lipinski definition) is 3. The molecule has 3 N–H and O–H groups in total. The van der Waals surface area contributed by atoms with Crippen LogP contribution in [0.15, 0.2) is 24.3 Å². The number of carboxylic acid groups (broad SMARTS) is 1. The third kappa shape index (κ3) is 3.85. The van der Waals surface area contributed by atoms with Gasteiger partial charge in [-0.05, 0) is 37.5 Å². The second-order valence-electron chi connectivity index (χ2n) is 6.41. The highest BCUT2D eigenvalue weighted by Gasteiger charge is 2.42. The molecule has 0 aromatic heterocycles. The van der Waals surface area contributed by atoms with Gasteiger partial charge in [-0.25, -0.2) is 4.79 Å². The molecule has 1 aromatic rings. The first-order valence-corrected chi connectivity index (χ1v) is 8.16. The molecule has 0 saturated heterocycles. The summed E-state index contributed by atoms with van der Waals surface area (Å²) in [6.45, 7) is 0.839. The molecule has 0 heterocycles. The topological polar surface area (TPSA) is 86.6 Å². The largest absolute Gasteiger partial charge is 0.479 e. The number of rotatable bonds is 5. The summed E-state index contributed by atoms with van der Waals surface area (Å²) in [6.07, 6.45) is 4.30. The van der Waals surface area contributed by atoms with Gasteiger partial charge in [-0.15, -0.1) is 0 Å². The van der Waals surface area contributed by atoms with Gasteiger partial charge >= 0.3 is 5.97 Å². The Morgan fingerprint density at radius 3 is 2.52 bits per heavy atom. The van der Waals surface area contributed by atoms with Gasteiger partial charge in [0.1, 0.15) is 0 Å². The van der Waals surface area contributed by atoms with E-state index >= 15 is 0 Å². The van der Waals surface area contributed by atoms with E-state index in [-0.39, 0.29) is 12.5 Å². The van der Waals surface area contributed by atoms with Crippen LogP contribution in [0, 0.1) is 0 Å². The molecule has 23 heavy (non-hydrogen) atoms. The van der Waals surface area contributed by atoms with Gasteiger partial charge in [0.05, 0.1) is 12.0 Å². The molecular weight excluding hydrogens is 318 g/mol. The minimum absolute atomic E-state index is 0.249. The number of carbonyl (C=O) groups excluding carboxylic acids is 1. The van der Waals surface area contributed by atoms with Crippen molar-refractivity contribution < 1.29 is 19.8 Å². The van der Waals surface area contributed by atoms with Crippen molar-refractivity contribution in [3.63, 3.8) is 0 Å². The van der Waals surface area contributed by atoms with Gasteiger partial charge in [-0.1, -0.05) is 43.0 Å². The predicted molar refractivity (Wildman–Crippen MR) is 87.5 cm³/mol. The lowest BCUT2D eigenvalue weighted by Gasteiger charge is -2.37. The van der Waals surface area contributed by atoms with Crippen molar-refractivity contribution in [1.82, 2.24) is 5.32 Å². The Morgan fingerprint density at radius 2 is 1.96 bits per heavy atom. The van der Waals surface area contributed by atoms with Crippen LogP contribution >= 0.6 is 11.6 Å².